The number of hydrogen-bond acceptors (Lipinski definition) is 5. The van der Waals surface area contributed by atoms with Gasteiger partial charge in [-0.15, -0.1) is 0 Å². The first-order chi connectivity index (χ1) is 13.1. The molecule has 1 aromatic heterocycles. The molecule has 0 aliphatic heterocycles. The van der Waals surface area contributed by atoms with Crippen LogP contribution in [0.15, 0.2) is 48.5 Å². The molecule has 0 atom stereocenters. The molecule has 0 amide bonds. The molecule has 0 spiro atoms. The molecule has 27 heavy (non-hydrogen) atoms. The second-order valence-corrected chi connectivity index (χ2v) is 6.11. The quantitative estimate of drug-likeness (QED) is 0.649. The Morgan fingerprint density at radius 3 is 2.63 bits per heavy atom. The maximum atomic E-state index is 13.8. The van der Waals surface area contributed by atoms with Crippen molar-refractivity contribution < 1.29 is 13.9 Å². The van der Waals surface area contributed by atoms with Gasteiger partial charge in [0.2, 0.25) is 11.8 Å². The standard InChI is InChI=1S/C21H22FN3O2/c1-4-15-6-5-7-17(11-15)24-21-23-14(2)10-20(25-21)27-13-16-8-9-19(26-3)18(22)12-16/h5-12H,4,13H2,1-3H3,(H,23,24,25). The monoisotopic (exact) mass is 367 g/mol. The van der Waals surface area contributed by atoms with Crippen LogP contribution in [0.2, 0.25) is 0 Å². The van der Waals surface area contributed by atoms with E-state index in [0.29, 0.717) is 17.4 Å². The lowest BCUT2D eigenvalue weighted by atomic mass is 10.1. The molecule has 2 aromatic carbocycles. The van der Waals surface area contributed by atoms with Crippen LogP contribution in [0, 0.1) is 12.7 Å². The van der Waals surface area contributed by atoms with Crippen LogP contribution in [0.3, 0.4) is 0 Å². The lowest BCUT2D eigenvalue weighted by Gasteiger charge is -2.11. The van der Waals surface area contributed by atoms with Gasteiger partial charge in [0, 0.05) is 17.4 Å². The predicted octanol–water partition coefficient (Wildman–Crippen LogP) is 4.82. The fourth-order valence-electron chi connectivity index (χ4n) is 2.62. The van der Waals surface area contributed by atoms with Crippen molar-refractivity contribution >= 4 is 11.6 Å². The molecule has 1 heterocycles. The van der Waals surface area contributed by atoms with Crippen molar-refractivity contribution in [3.05, 3.63) is 71.2 Å². The van der Waals surface area contributed by atoms with Gasteiger partial charge in [0.05, 0.1) is 7.11 Å². The average Bonchev–Trinajstić information content (AvgIpc) is 2.66. The number of anilines is 2. The molecule has 0 aliphatic carbocycles. The first-order valence-corrected chi connectivity index (χ1v) is 8.74. The fraction of sp³-hybridized carbons (Fsp3) is 0.238. The summed E-state index contributed by atoms with van der Waals surface area (Å²) < 4.78 is 24.4. The molecule has 1 N–H and O–H groups in total. The van der Waals surface area contributed by atoms with Crippen LogP contribution in [-0.2, 0) is 13.0 Å². The molecule has 3 aromatic rings. The van der Waals surface area contributed by atoms with E-state index in [-0.39, 0.29) is 12.4 Å². The third-order valence-corrected chi connectivity index (χ3v) is 4.03. The first kappa shape index (κ1) is 18.6. The van der Waals surface area contributed by atoms with Crippen LogP contribution in [0.5, 0.6) is 11.6 Å². The number of nitrogens with zero attached hydrogens (tertiary/aromatic N) is 2. The summed E-state index contributed by atoms with van der Waals surface area (Å²) in [7, 11) is 1.43. The van der Waals surface area contributed by atoms with E-state index in [1.807, 2.05) is 19.1 Å². The molecule has 0 radical (unpaired) electrons. The van der Waals surface area contributed by atoms with Crippen LogP contribution >= 0.6 is 0 Å². The summed E-state index contributed by atoms with van der Waals surface area (Å²) in [5, 5.41) is 3.20. The number of rotatable bonds is 7. The molecule has 0 bridgehead atoms. The zero-order valence-corrected chi connectivity index (χ0v) is 15.6. The highest BCUT2D eigenvalue weighted by atomic mass is 19.1. The van der Waals surface area contributed by atoms with E-state index in [0.717, 1.165) is 17.8 Å². The summed E-state index contributed by atoms with van der Waals surface area (Å²) in [6, 6.07) is 14.6. The molecule has 140 valence electrons. The maximum absolute atomic E-state index is 13.8. The Balaban J connectivity index is 1.72. The Morgan fingerprint density at radius 2 is 1.89 bits per heavy atom. The number of ether oxygens (including phenoxy) is 2. The number of nitrogens with one attached hydrogen (secondary N) is 1. The SMILES string of the molecule is CCc1cccc(Nc2nc(C)cc(OCc3ccc(OC)c(F)c3)n2)c1. The van der Waals surface area contributed by atoms with Gasteiger partial charge in [-0.05, 0) is 48.7 Å². The third kappa shape index (κ3) is 4.94. The van der Waals surface area contributed by atoms with E-state index in [9.17, 15) is 4.39 Å². The van der Waals surface area contributed by atoms with Crippen molar-refractivity contribution in [3.8, 4) is 11.6 Å². The smallest absolute Gasteiger partial charge is 0.230 e. The molecule has 0 aliphatic rings. The van der Waals surface area contributed by atoms with Crippen molar-refractivity contribution in [1.29, 1.82) is 0 Å². The summed E-state index contributed by atoms with van der Waals surface area (Å²) >= 11 is 0. The number of hydrogen-bond donors (Lipinski definition) is 1. The highest BCUT2D eigenvalue weighted by Crippen LogP contribution is 2.21. The van der Waals surface area contributed by atoms with Gasteiger partial charge in [0.25, 0.3) is 0 Å². The van der Waals surface area contributed by atoms with Gasteiger partial charge < -0.3 is 14.8 Å². The van der Waals surface area contributed by atoms with Gasteiger partial charge in [0.15, 0.2) is 11.6 Å². The fourth-order valence-corrected chi connectivity index (χ4v) is 2.62. The van der Waals surface area contributed by atoms with E-state index >= 15 is 0 Å². The summed E-state index contributed by atoms with van der Waals surface area (Å²) in [4.78, 5) is 8.79. The van der Waals surface area contributed by atoms with E-state index in [1.165, 1.54) is 18.7 Å². The minimum Gasteiger partial charge on any atom is -0.494 e. The van der Waals surface area contributed by atoms with E-state index < -0.39 is 5.82 Å². The molecular formula is C21H22FN3O2. The van der Waals surface area contributed by atoms with Gasteiger partial charge in [-0.25, -0.2) is 9.37 Å². The molecule has 0 saturated carbocycles. The van der Waals surface area contributed by atoms with E-state index in [2.05, 4.69) is 34.3 Å². The van der Waals surface area contributed by atoms with Crippen LogP contribution in [-0.4, -0.2) is 17.1 Å². The lowest BCUT2D eigenvalue weighted by Crippen LogP contribution is -2.03. The highest BCUT2D eigenvalue weighted by molar-refractivity contribution is 5.54. The minimum absolute atomic E-state index is 0.197. The molecule has 6 heteroatoms. The van der Waals surface area contributed by atoms with Crippen molar-refractivity contribution in [2.24, 2.45) is 0 Å². The van der Waals surface area contributed by atoms with Gasteiger partial charge in [-0.2, -0.15) is 4.98 Å². The molecule has 0 unspecified atom stereocenters. The highest BCUT2D eigenvalue weighted by Gasteiger charge is 2.07. The van der Waals surface area contributed by atoms with E-state index in [1.54, 1.807) is 18.2 Å². The van der Waals surface area contributed by atoms with Gasteiger partial charge in [-0.1, -0.05) is 25.1 Å². The molecular weight excluding hydrogens is 345 g/mol. The van der Waals surface area contributed by atoms with Crippen LogP contribution in [0.1, 0.15) is 23.7 Å². The van der Waals surface area contributed by atoms with E-state index in [4.69, 9.17) is 9.47 Å². The van der Waals surface area contributed by atoms with Crippen molar-refractivity contribution in [2.45, 2.75) is 26.9 Å². The number of methoxy groups -OCH3 is 1. The summed E-state index contributed by atoms with van der Waals surface area (Å²) in [6.45, 7) is 4.17. The van der Waals surface area contributed by atoms with Crippen LogP contribution in [0.25, 0.3) is 0 Å². The summed E-state index contributed by atoms with van der Waals surface area (Å²) in [6.07, 6.45) is 0.955. The zero-order chi connectivity index (χ0) is 19.2. The maximum Gasteiger partial charge on any atom is 0.230 e. The Hall–Kier alpha value is -3.15. The molecule has 3 rings (SSSR count). The van der Waals surface area contributed by atoms with Gasteiger partial charge in [-0.3, -0.25) is 0 Å². The number of halogens is 1. The Bertz CT molecular complexity index is 931. The summed E-state index contributed by atoms with van der Waals surface area (Å²) in [5.41, 5.74) is 3.61. The number of aromatic nitrogens is 2. The Morgan fingerprint density at radius 1 is 1.04 bits per heavy atom. The molecule has 0 saturated heterocycles. The predicted molar refractivity (Wildman–Crippen MR) is 103 cm³/mol. The van der Waals surface area contributed by atoms with Gasteiger partial charge in [0.1, 0.15) is 6.61 Å². The second kappa shape index (κ2) is 8.49. The largest absolute Gasteiger partial charge is 0.494 e. The lowest BCUT2D eigenvalue weighted by molar-refractivity contribution is 0.292. The van der Waals surface area contributed by atoms with Crippen molar-refractivity contribution in [3.63, 3.8) is 0 Å². The minimum atomic E-state index is -0.421. The van der Waals surface area contributed by atoms with Crippen LogP contribution in [0.4, 0.5) is 16.0 Å². The topological polar surface area (TPSA) is 56.3 Å². The van der Waals surface area contributed by atoms with Crippen molar-refractivity contribution in [2.75, 3.05) is 12.4 Å². The van der Waals surface area contributed by atoms with Crippen LogP contribution < -0.4 is 14.8 Å². The molecule has 0 fully saturated rings. The zero-order valence-electron chi connectivity index (χ0n) is 15.6. The normalized spacial score (nSPS) is 10.5. The van der Waals surface area contributed by atoms with Gasteiger partial charge >= 0.3 is 0 Å². The third-order valence-electron chi connectivity index (χ3n) is 4.03. The second-order valence-electron chi connectivity index (χ2n) is 6.11. The average molecular weight is 367 g/mol. The van der Waals surface area contributed by atoms with Crippen molar-refractivity contribution in [1.82, 2.24) is 9.97 Å². The Kier molecular flexibility index (Phi) is 5.86. The Labute approximate surface area is 158 Å². The first-order valence-electron chi connectivity index (χ1n) is 8.74. The number of aryl methyl sites for hydroxylation is 2. The number of benzene rings is 2. The summed E-state index contributed by atoms with van der Waals surface area (Å²) in [5.74, 6) is 0.667. The molecule has 5 nitrogen and oxygen atoms in total.